The molecule has 3 aromatic carbocycles. The minimum Gasteiger partial charge on any atom is -0.486 e. The SMILES string of the molecule is O=C(NCC1COc2ccccc2O1)c1cc(-c2ccc(F)cc2)cc(-n2cnnn2)c1. The number of nitrogens with zero attached hydrogens (tertiary/aromatic N) is 4. The van der Waals surface area contributed by atoms with Gasteiger partial charge in [0.1, 0.15) is 24.9 Å². The van der Waals surface area contributed by atoms with Crippen molar-refractivity contribution in [3.8, 4) is 28.3 Å². The van der Waals surface area contributed by atoms with E-state index in [4.69, 9.17) is 9.47 Å². The second kappa shape index (κ2) is 8.46. The van der Waals surface area contributed by atoms with E-state index in [0.29, 0.717) is 29.4 Å². The van der Waals surface area contributed by atoms with Gasteiger partial charge in [-0.05, 0) is 64.0 Å². The highest BCUT2D eigenvalue weighted by atomic mass is 19.1. The summed E-state index contributed by atoms with van der Waals surface area (Å²) in [6, 6.07) is 18.7. The molecule has 1 aliphatic heterocycles. The molecule has 8 nitrogen and oxygen atoms in total. The molecular weight excluding hydrogens is 413 g/mol. The van der Waals surface area contributed by atoms with Gasteiger partial charge in [-0.15, -0.1) is 5.10 Å². The average Bonchev–Trinajstić information content (AvgIpc) is 3.38. The fraction of sp³-hybridized carbons (Fsp3) is 0.130. The fourth-order valence-electron chi connectivity index (χ4n) is 3.44. The molecule has 1 aliphatic rings. The first kappa shape index (κ1) is 19.7. The molecule has 2 heterocycles. The van der Waals surface area contributed by atoms with E-state index < -0.39 is 0 Å². The highest BCUT2D eigenvalue weighted by Crippen LogP contribution is 2.30. The molecule has 1 aromatic heterocycles. The minimum absolute atomic E-state index is 0.272. The molecule has 1 unspecified atom stereocenters. The number of tetrazole rings is 1. The van der Waals surface area contributed by atoms with Crippen molar-refractivity contribution in [3.05, 3.63) is 84.4 Å². The molecule has 0 radical (unpaired) electrons. The summed E-state index contributed by atoms with van der Waals surface area (Å²) in [6.07, 6.45) is 1.13. The van der Waals surface area contributed by atoms with Crippen LogP contribution in [-0.2, 0) is 0 Å². The third-order valence-corrected chi connectivity index (χ3v) is 5.03. The van der Waals surface area contributed by atoms with E-state index in [2.05, 4.69) is 20.8 Å². The van der Waals surface area contributed by atoms with Crippen LogP contribution in [0, 0.1) is 5.82 Å². The molecule has 5 rings (SSSR count). The number of ether oxygens (including phenoxy) is 2. The molecule has 0 aliphatic carbocycles. The number of benzene rings is 3. The van der Waals surface area contributed by atoms with Crippen molar-refractivity contribution in [3.63, 3.8) is 0 Å². The largest absolute Gasteiger partial charge is 0.486 e. The molecule has 9 heteroatoms. The van der Waals surface area contributed by atoms with Crippen molar-refractivity contribution in [2.75, 3.05) is 13.2 Å². The van der Waals surface area contributed by atoms with Crippen molar-refractivity contribution in [2.24, 2.45) is 0 Å². The average molecular weight is 431 g/mol. The summed E-state index contributed by atoms with van der Waals surface area (Å²) < 4.78 is 26.4. The molecular formula is C23H18FN5O3. The first-order valence-corrected chi connectivity index (χ1v) is 9.97. The molecule has 0 spiro atoms. The molecule has 1 amide bonds. The van der Waals surface area contributed by atoms with Crippen LogP contribution in [0.4, 0.5) is 4.39 Å². The Kier molecular flexibility index (Phi) is 5.20. The maximum atomic E-state index is 13.4. The second-order valence-electron chi connectivity index (χ2n) is 7.24. The van der Waals surface area contributed by atoms with Crippen LogP contribution >= 0.6 is 0 Å². The van der Waals surface area contributed by atoms with Crippen LogP contribution in [0.2, 0.25) is 0 Å². The lowest BCUT2D eigenvalue weighted by Gasteiger charge is -2.26. The Morgan fingerprint density at radius 1 is 1.06 bits per heavy atom. The number of rotatable bonds is 5. The van der Waals surface area contributed by atoms with E-state index in [1.165, 1.54) is 23.1 Å². The summed E-state index contributed by atoms with van der Waals surface area (Å²) in [4.78, 5) is 13.0. The quantitative estimate of drug-likeness (QED) is 0.522. The van der Waals surface area contributed by atoms with E-state index in [-0.39, 0.29) is 24.4 Å². The highest BCUT2D eigenvalue weighted by molar-refractivity contribution is 5.96. The topological polar surface area (TPSA) is 91.2 Å². The number of hydrogen-bond donors (Lipinski definition) is 1. The monoisotopic (exact) mass is 431 g/mol. The van der Waals surface area contributed by atoms with Gasteiger partial charge in [0.15, 0.2) is 11.5 Å². The van der Waals surface area contributed by atoms with E-state index in [0.717, 1.165) is 11.1 Å². The number of carbonyl (C=O) groups is 1. The number of halogens is 1. The van der Waals surface area contributed by atoms with Gasteiger partial charge in [-0.25, -0.2) is 9.07 Å². The molecule has 0 bridgehead atoms. The Hall–Kier alpha value is -4.27. The third kappa shape index (κ3) is 4.13. The summed E-state index contributed by atoms with van der Waals surface area (Å²) in [5, 5.41) is 14.1. The van der Waals surface area contributed by atoms with E-state index >= 15 is 0 Å². The zero-order chi connectivity index (χ0) is 21.9. The Bertz CT molecular complexity index is 1240. The fourth-order valence-corrected chi connectivity index (χ4v) is 3.44. The lowest BCUT2D eigenvalue weighted by atomic mass is 10.0. The summed E-state index contributed by atoms with van der Waals surface area (Å²) in [5.41, 5.74) is 2.51. The normalized spacial score (nSPS) is 14.7. The smallest absolute Gasteiger partial charge is 0.251 e. The Morgan fingerprint density at radius 3 is 2.66 bits per heavy atom. The predicted molar refractivity (Wildman–Crippen MR) is 113 cm³/mol. The molecule has 32 heavy (non-hydrogen) atoms. The molecule has 4 aromatic rings. The van der Waals surface area contributed by atoms with Gasteiger partial charge in [0.05, 0.1) is 12.2 Å². The van der Waals surface area contributed by atoms with Crippen LogP contribution in [0.25, 0.3) is 16.8 Å². The van der Waals surface area contributed by atoms with Crippen LogP contribution in [0.15, 0.2) is 73.1 Å². The Balaban J connectivity index is 1.37. The van der Waals surface area contributed by atoms with E-state index in [1.54, 1.807) is 24.3 Å². The van der Waals surface area contributed by atoms with Gasteiger partial charge in [0.2, 0.25) is 0 Å². The second-order valence-corrected chi connectivity index (χ2v) is 7.24. The number of nitrogens with one attached hydrogen (secondary N) is 1. The minimum atomic E-state index is -0.334. The van der Waals surface area contributed by atoms with Gasteiger partial charge >= 0.3 is 0 Å². The third-order valence-electron chi connectivity index (χ3n) is 5.03. The number of para-hydroxylation sites is 2. The molecule has 1 N–H and O–H groups in total. The number of aromatic nitrogens is 4. The van der Waals surface area contributed by atoms with Crippen molar-refractivity contribution >= 4 is 5.91 Å². The van der Waals surface area contributed by atoms with Gasteiger partial charge in [-0.2, -0.15) is 0 Å². The first-order valence-electron chi connectivity index (χ1n) is 9.97. The number of fused-ring (bicyclic) bond motifs is 1. The number of amides is 1. The zero-order valence-corrected chi connectivity index (χ0v) is 16.8. The lowest BCUT2D eigenvalue weighted by Crippen LogP contribution is -2.40. The van der Waals surface area contributed by atoms with E-state index in [1.807, 2.05) is 30.3 Å². The van der Waals surface area contributed by atoms with Gasteiger partial charge in [0, 0.05) is 5.56 Å². The maximum absolute atomic E-state index is 13.4. The van der Waals surface area contributed by atoms with Crippen LogP contribution in [0.5, 0.6) is 11.5 Å². The van der Waals surface area contributed by atoms with Crippen LogP contribution in [0.3, 0.4) is 0 Å². The summed E-state index contributed by atoms with van der Waals surface area (Å²) in [7, 11) is 0. The molecule has 0 saturated heterocycles. The highest BCUT2D eigenvalue weighted by Gasteiger charge is 2.21. The summed E-state index contributed by atoms with van der Waals surface area (Å²) >= 11 is 0. The molecule has 1 atom stereocenters. The van der Waals surface area contributed by atoms with Gasteiger partial charge in [-0.1, -0.05) is 24.3 Å². The van der Waals surface area contributed by atoms with E-state index in [9.17, 15) is 9.18 Å². The van der Waals surface area contributed by atoms with Crippen molar-refractivity contribution in [1.82, 2.24) is 25.5 Å². The molecule has 160 valence electrons. The maximum Gasteiger partial charge on any atom is 0.251 e. The van der Waals surface area contributed by atoms with Crippen molar-refractivity contribution in [2.45, 2.75) is 6.10 Å². The number of carbonyl (C=O) groups excluding carboxylic acids is 1. The van der Waals surface area contributed by atoms with Crippen LogP contribution < -0.4 is 14.8 Å². The molecule has 0 saturated carbocycles. The summed E-state index contributed by atoms with van der Waals surface area (Å²) in [5.74, 6) is 0.718. The Labute approximate surface area is 182 Å². The van der Waals surface area contributed by atoms with Crippen molar-refractivity contribution in [1.29, 1.82) is 0 Å². The van der Waals surface area contributed by atoms with Crippen LogP contribution in [-0.4, -0.2) is 45.4 Å². The zero-order valence-electron chi connectivity index (χ0n) is 16.8. The van der Waals surface area contributed by atoms with Crippen LogP contribution in [0.1, 0.15) is 10.4 Å². The van der Waals surface area contributed by atoms with Gasteiger partial charge in [0.25, 0.3) is 5.91 Å². The lowest BCUT2D eigenvalue weighted by molar-refractivity contribution is 0.0789. The molecule has 0 fully saturated rings. The van der Waals surface area contributed by atoms with Gasteiger partial charge in [-0.3, -0.25) is 4.79 Å². The van der Waals surface area contributed by atoms with Crippen molar-refractivity contribution < 1.29 is 18.7 Å². The standard InChI is InChI=1S/C23H18FN5O3/c24-18-7-5-15(6-8-18)16-9-17(11-19(10-16)29-14-26-27-28-29)23(30)25-12-20-13-31-21-3-1-2-4-22(21)32-20/h1-11,14,20H,12-13H2,(H,25,30). The predicted octanol–water partition coefficient (Wildman–Crippen LogP) is 3.04. The first-order chi connectivity index (χ1) is 15.7. The number of hydrogen-bond acceptors (Lipinski definition) is 6. The van der Waals surface area contributed by atoms with Gasteiger partial charge < -0.3 is 14.8 Å². The summed E-state index contributed by atoms with van der Waals surface area (Å²) in [6.45, 7) is 0.608. The Morgan fingerprint density at radius 2 is 1.88 bits per heavy atom.